The lowest BCUT2D eigenvalue weighted by molar-refractivity contribution is 0.0696. The van der Waals surface area contributed by atoms with Crippen molar-refractivity contribution in [3.8, 4) is 22.5 Å². The number of aryl methyl sites for hydroxylation is 2. The van der Waals surface area contributed by atoms with Crippen LogP contribution in [0.5, 0.6) is 0 Å². The summed E-state index contributed by atoms with van der Waals surface area (Å²) in [5.41, 5.74) is 6.19. The van der Waals surface area contributed by atoms with E-state index in [1.165, 1.54) is 0 Å². The third kappa shape index (κ3) is 6.14. The number of rotatable bonds is 11. The topological polar surface area (TPSA) is 127 Å². The van der Waals surface area contributed by atoms with Crippen molar-refractivity contribution in [2.24, 2.45) is 0 Å². The molecule has 0 saturated heterocycles. The number of carbonyl (C=O) groups is 1. The van der Waals surface area contributed by atoms with Crippen LogP contribution < -0.4 is 5.56 Å². The molecule has 0 spiro atoms. The lowest BCUT2D eigenvalue weighted by Gasteiger charge is -2.18. The standard InChI is InChI=1S/C32H32N6O3/c1-3-8-28-27(19-22-10-7-11-24(18-22)32(40)41)31(39)38(29(33-28)9-4-2)20-21-14-16-23(17-15-21)25-12-5-6-13-26(25)30-34-36-37-35-30/h5-7,10-18H,3-4,8-9,19-20H2,1-2H3,(H,40,41)(H,34,35,36,37). The summed E-state index contributed by atoms with van der Waals surface area (Å²) in [6.07, 6.45) is 3.44. The van der Waals surface area contributed by atoms with Crippen molar-refractivity contribution in [2.45, 2.75) is 52.5 Å². The lowest BCUT2D eigenvalue weighted by Crippen LogP contribution is -2.31. The van der Waals surface area contributed by atoms with Gasteiger partial charge >= 0.3 is 5.97 Å². The minimum atomic E-state index is -0.988. The number of carboxylic acids is 1. The van der Waals surface area contributed by atoms with Gasteiger partial charge in [0.15, 0.2) is 0 Å². The van der Waals surface area contributed by atoms with Crippen LogP contribution in [-0.4, -0.2) is 41.3 Å². The first-order valence-corrected chi connectivity index (χ1v) is 13.8. The SMILES string of the molecule is CCCc1nc(CCC)n(Cc2ccc(-c3ccccc3-c3nn[nH]n3)cc2)c(=O)c1Cc1cccc(C(=O)O)c1. The van der Waals surface area contributed by atoms with Crippen LogP contribution in [0.15, 0.2) is 77.6 Å². The Morgan fingerprint density at radius 2 is 1.66 bits per heavy atom. The van der Waals surface area contributed by atoms with E-state index in [1.807, 2.05) is 54.6 Å². The molecule has 5 rings (SSSR count). The normalized spacial score (nSPS) is 11.1. The fourth-order valence-corrected chi connectivity index (χ4v) is 5.08. The summed E-state index contributed by atoms with van der Waals surface area (Å²) < 4.78 is 1.78. The molecule has 41 heavy (non-hydrogen) atoms. The van der Waals surface area contributed by atoms with Crippen molar-refractivity contribution >= 4 is 5.97 Å². The zero-order chi connectivity index (χ0) is 28.8. The predicted octanol–water partition coefficient (Wildman–Crippen LogP) is 5.33. The molecule has 208 valence electrons. The third-order valence-electron chi connectivity index (χ3n) is 7.06. The van der Waals surface area contributed by atoms with Crippen molar-refractivity contribution in [1.82, 2.24) is 30.2 Å². The number of hydrogen-bond donors (Lipinski definition) is 2. The number of hydrogen-bond acceptors (Lipinski definition) is 6. The number of benzene rings is 3. The summed E-state index contributed by atoms with van der Waals surface area (Å²) in [5.74, 6) is 0.313. The Labute approximate surface area is 237 Å². The van der Waals surface area contributed by atoms with Crippen molar-refractivity contribution in [1.29, 1.82) is 0 Å². The molecule has 0 radical (unpaired) electrons. The van der Waals surface area contributed by atoms with Gasteiger partial charge < -0.3 is 5.11 Å². The molecule has 0 aliphatic carbocycles. The average molecular weight is 549 g/mol. The minimum Gasteiger partial charge on any atom is -0.478 e. The Bertz CT molecular complexity index is 1710. The highest BCUT2D eigenvalue weighted by Crippen LogP contribution is 2.30. The zero-order valence-corrected chi connectivity index (χ0v) is 23.2. The summed E-state index contributed by atoms with van der Waals surface area (Å²) >= 11 is 0. The molecule has 9 nitrogen and oxygen atoms in total. The molecule has 0 amide bonds. The van der Waals surface area contributed by atoms with Crippen LogP contribution in [0, 0.1) is 0 Å². The fraction of sp³-hybridized carbons (Fsp3) is 0.250. The van der Waals surface area contributed by atoms with Gasteiger partial charge in [0.1, 0.15) is 5.82 Å². The Hall–Kier alpha value is -4.92. The van der Waals surface area contributed by atoms with Crippen molar-refractivity contribution in [3.05, 3.63) is 117 Å². The molecule has 2 heterocycles. The first-order valence-electron chi connectivity index (χ1n) is 13.8. The Morgan fingerprint density at radius 3 is 2.34 bits per heavy atom. The molecule has 2 aromatic heterocycles. The van der Waals surface area contributed by atoms with Gasteiger partial charge in [-0.1, -0.05) is 80.9 Å². The van der Waals surface area contributed by atoms with Crippen LogP contribution in [0.1, 0.15) is 65.3 Å². The summed E-state index contributed by atoms with van der Waals surface area (Å²) in [4.78, 5) is 30.5. The lowest BCUT2D eigenvalue weighted by atomic mass is 9.98. The van der Waals surface area contributed by atoms with Crippen molar-refractivity contribution in [3.63, 3.8) is 0 Å². The summed E-state index contributed by atoms with van der Waals surface area (Å²) in [6.45, 7) is 4.54. The van der Waals surface area contributed by atoms with Gasteiger partial charge in [0.2, 0.25) is 5.82 Å². The van der Waals surface area contributed by atoms with E-state index in [9.17, 15) is 14.7 Å². The average Bonchev–Trinajstić information content (AvgIpc) is 3.53. The third-order valence-corrected chi connectivity index (χ3v) is 7.06. The van der Waals surface area contributed by atoms with E-state index in [2.05, 4.69) is 34.5 Å². The second-order valence-corrected chi connectivity index (χ2v) is 10.0. The molecular formula is C32H32N6O3. The quantitative estimate of drug-likeness (QED) is 0.228. The molecule has 2 N–H and O–H groups in total. The van der Waals surface area contributed by atoms with Crippen LogP contribution in [0.4, 0.5) is 0 Å². The minimum absolute atomic E-state index is 0.0702. The van der Waals surface area contributed by atoms with Gasteiger partial charge in [-0.15, -0.1) is 10.2 Å². The Balaban J connectivity index is 1.50. The number of nitrogens with zero attached hydrogens (tertiary/aromatic N) is 5. The number of H-pyrrole nitrogens is 1. The van der Waals surface area contributed by atoms with Gasteiger partial charge in [-0.05, 0) is 52.4 Å². The Kier molecular flexibility index (Phi) is 8.43. The first-order chi connectivity index (χ1) is 20.0. The van der Waals surface area contributed by atoms with Crippen molar-refractivity contribution in [2.75, 3.05) is 0 Å². The smallest absolute Gasteiger partial charge is 0.335 e. The Morgan fingerprint density at radius 1 is 0.902 bits per heavy atom. The van der Waals surface area contributed by atoms with Crippen molar-refractivity contribution < 1.29 is 9.90 Å². The highest BCUT2D eigenvalue weighted by atomic mass is 16.4. The number of carboxylic acid groups (broad SMARTS) is 1. The monoisotopic (exact) mass is 548 g/mol. The maximum Gasteiger partial charge on any atom is 0.335 e. The summed E-state index contributed by atoms with van der Waals surface area (Å²) in [7, 11) is 0. The maximum absolute atomic E-state index is 14.0. The van der Waals surface area contributed by atoms with E-state index in [0.717, 1.165) is 52.2 Å². The molecule has 0 atom stereocenters. The first kappa shape index (κ1) is 27.6. The molecule has 0 saturated carbocycles. The highest BCUT2D eigenvalue weighted by molar-refractivity contribution is 5.87. The molecule has 5 aromatic rings. The van der Waals surface area contributed by atoms with Gasteiger partial charge in [0.05, 0.1) is 17.8 Å². The van der Waals surface area contributed by atoms with Crippen LogP contribution >= 0.6 is 0 Å². The molecule has 0 bridgehead atoms. The van der Waals surface area contributed by atoms with Crippen LogP contribution in [0.25, 0.3) is 22.5 Å². The largest absolute Gasteiger partial charge is 0.478 e. The van der Waals surface area contributed by atoms with Gasteiger partial charge in [-0.2, -0.15) is 5.21 Å². The molecule has 0 aliphatic rings. The molecule has 9 heteroatoms. The van der Waals surface area contributed by atoms with Crippen LogP contribution in [0.2, 0.25) is 0 Å². The molecule has 3 aromatic carbocycles. The molecule has 0 fully saturated rings. The van der Waals surface area contributed by atoms with E-state index < -0.39 is 5.97 Å². The van der Waals surface area contributed by atoms with Crippen LogP contribution in [-0.2, 0) is 25.8 Å². The summed E-state index contributed by atoms with van der Waals surface area (Å²) in [5, 5.41) is 23.9. The summed E-state index contributed by atoms with van der Waals surface area (Å²) in [6, 6.07) is 22.8. The van der Waals surface area contributed by atoms with E-state index in [-0.39, 0.29) is 11.1 Å². The zero-order valence-electron chi connectivity index (χ0n) is 23.2. The molecule has 0 unspecified atom stereocenters. The van der Waals surface area contributed by atoms with E-state index >= 15 is 0 Å². The fourth-order valence-electron chi connectivity index (χ4n) is 5.08. The second-order valence-electron chi connectivity index (χ2n) is 10.0. The number of aromatic carboxylic acids is 1. The van der Waals surface area contributed by atoms with E-state index in [4.69, 9.17) is 4.98 Å². The number of aromatic amines is 1. The number of tetrazole rings is 1. The maximum atomic E-state index is 14.0. The van der Waals surface area contributed by atoms with Gasteiger partial charge in [-0.25, -0.2) is 9.78 Å². The number of nitrogens with one attached hydrogen (secondary N) is 1. The van der Waals surface area contributed by atoms with Gasteiger partial charge in [-0.3, -0.25) is 9.36 Å². The number of aromatic nitrogens is 6. The second kappa shape index (κ2) is 12.5. The van der Waals surface area contributed by atoms with Gasteiger partial charge in [0.25, 0.3) is 5.56 Å². The molecular weight excluding hydrogens is 516 g/mol. The van der Waals surface area contributed by atoms with E-state index in [1.54, 1.807) is 22.8 Å². The molecule has 0 aliphatic heterocycles. The highest BCUT2D eigenvalue weighted by Gasteiger charge is 2.18. The predicted molar refractivity (Wildman–Crippen MR) is 157 cm³/mol. The van der Waals surface area contributed by atoms with Gasteiger partial charge in [0, 0.05) is 24.0 Å². The van der Waals surface area contributed by atoms with Crippen LogP contribution in [0.3, 0.4) is 0 Å². The van der Waals surface area contributed by atoms with E-state index in [0.29, 0.717) is 37.2 Å².